The Morgan fingerprint density at radius 3 is 2.78 bits per heavy atom. The molecule has 2 saturated heterocycles. The summed E-state index contributed by atoms with van der Waals surface area (Å²) in [5.41, 5.74) is 0.0355. The summed E-state index contributed by atoms with van der Waals surface area (Å²) in [5.74, 6) is -1.69. The Labute approximate surface area is 157 Å². The fraction of sp³-hybridized carbons (Fsp3) is 0.471. The minimum atomic E-state index is -0.951. The molecule has 1 unspecified atom stereocenters. The highest BCUT2D eigenvalue weighted by molar-refractivity contribution is 7.22. The molecule has 10 heteroatoms. The van der Waals surface area contributed by atoms with Crippen molar-refractivity contribution in [3.63, 3.8) is 0 Å². The third-order valence-electron chi connectivity index (χ3n) is 5.09. The van der Waals surface area contributed by atoms with Crippen molar-refractivity contribution >= 4 is 38.7 Å². The van der Waals surface area contributed by atoms with E-state index in [1.54, 1.807) is 0 Å². The molecule has 3 heterocycles. The molecule has 0 spiro atoms. The first-order valence-electron chi connectivity index (χ1n) is 8.72. The second kappa shape index (κ2) is 7.01. The van der Waals surface area contributed by atoms with Crippen molar-refractivity contribution in [2.45, 2.75) is 31.3 Å². The van der Waals surface area contributed by atoms with E-state index < -0.39 is 17.7 Å². The van der Waals surface area contributed by atoms with Crippen molar-refractivity contribution in [3.8, 4) is 0 Å². The van der Waals surface area contributed by atoms with E-state index in [9.17, 15) is 18.4 Å². The standard InChI is InChI=1S/C17H18F2N4O3S/c18-9-5-11(19)14-13(6-9)27-16(20-14)21-15(24)12-3-1-2-4-23(12)10-7-22(8-10)17(25)26/h5-6,10,12H,1-4,7-8H2,(H,25,26)(H,20,21,24). The minimum absolute atomic E-state index is 0.0269. The van der Waals surface area contributed by atoms with Crippen LogP contribution in [0.1, 0.15) is 19.3 Å². The molecule has 27 heavy (non-hydrogen) atoms. The molecular weight excluding hydrogens is 378 g/mol. The van der Waals surface area contributed by atoms with Gasteiger partial charge in [-0.3, -0.25) is 9.69 Å². The van der Waals surface area contributed by atoms with Gasteiger partial charge in [-0.1, -0.05) is 17.8 Å². The molecule has 1 aromatic heterocycles. The summed E-state index contributed by atoms with van der Waals surface area (Å²) in [6.07, 6.45) is 1.58. The first kappa shape index (κ1) is 18.1. The number of amides is 2. The molecule has 2 amide bonds. The fourth-order valence-electron chi connectivity index (χ4n) is 3.69. The van der Waals surface area contributed by atoms with Gasteiger partial charge in [0, 0.05) is 25.2 Å². The Bertz CT molecular complexity index is 900. The Morgan fingerprint density at radius 1 is 1.26 bits per heavy atom. The predicted octanol–water partition coefficient (Wildman–Crippen LogP) is 2.73. The number of hydrogen-bond donors (Lipinski definition) is 2. The van der Waals surface area contributed by atoms with Crippen molar-refractivity contribution in [2.24, 2.45) is 0 Å². The maximum atomic E-state index is 13.8. The van der Waals surface area contributed by atoms with Crippen LogP contribution in [0.2, 0.25) is 0 Å². The number of thiazole rings is 1. The Kier molecular flexibility index (Phi) is 4.68. The van der Waals surface area contributed by atoms with E-state index in [0.717, 1.165) is 36.8 Å². The van der Waals surface area contributed by atoms with Crippen molar-refractivity contribution in [2.75, 3.05) is 25.0 Å². The van der Waals surface area contributed by atoms with Crippen molar-refractivity contribution < 1.29 is 23.5 Å². The number of carbonyl (C=O) groups excluding carboxylic acids is 1. The van der Waals surface area contributed by atoms with Crippen LogP contribution in [0.15, 0.2) is 12.1 Å². The zero-order valence-electron chi connectivity index (χ0n) is 14.3. The molecular formula is C17H18F2N4O3S. The van der Waals surface area contributed by atoms with Crippen LogP contribution >= 0.6 is 11.3 Å². The number of carbonyl (C=O) groups is 2. The first-order chi connectivity index (χ1) is 12.9. The fourth-order valence-corrected chi connectivity index (χ4v) is 4.60. The highest BCUT2D eigenvalue weighted by Gasteiger charge is 2.41. The highest BCUT2D eigenvalue weighted by atomic mass is 32.1. The third-order valence-corrected chi connectivity index (χ3v) is 6.01. The maximum Gasteiger partial charge on any atom is 0.407 e. The van der Waals surface area contributed by atoms with Crippen LogP contribution in [0.3, 0.4) is 0 Å². The molecule has 0 saturated carbocycles. The maximum absolute atomic E-state index is 13.8. The Balaban J connectivity index is 1.48. The minimum Gasteiger partial charge on any atom is -0.465 e. The van der Waals surface area contributed by atoms with Gasteiger partial charge in [-0.25, -0.2) is 18.6 Å². The van der Waals surface area contributed by atoms with Crippen molar-refractivity contribution in [3.05, 3.63) is 23.8 Å². The normalized spacial score (nSPS) is 21.3. The van der Waals surface area contributed by atoms with Crippen LogP contribution in [0, 0.1) is 11.6 Å². The van der Waals surface area contributed by atoms with Crippen LogP contribution in [0.4, 0.5) is 18.7 Å². The van der Waals surface area contributed by atoms with Gasteiger partial charge in [0.2, 0.25) is 5.91 Å². The summed E-state index contributed by atoms with van der Waals surface area (Å²) in [6.45, 7) is 1.52. The van der Waals surface area contributed by atoms with E-state index >= 15 is 0 Å². The van der Waals surface area contributed by atoms with Gasteiger partial charge >= 0.3 is 6.09 Å². The second-order valence-electron chi connectivity index (χ2n) is 6.83. The number of rotatable bonds is 3. The van der Waals surface area contributed by atoms with Crippen molar-refractivity contribution in [1.29, 1.82) is 0 Å². The highest BCUT2D eigenvalue weighted by Crippen LogP contribution is 2.30. The summed E-state index contributed by atoms with van der Waals surface area (Å²) in [7, 11) is 0. The molecule has 4 rings (SSSR count). The lowest BCUT2D eigenvalue weighted by molar-refractivity contribution is -0.125. The molecule has 2 fully saturated rings. The molecule has 2 aliphatic heterocycles. The van der Waals surface area contributed by atoms with Gasteiger partial charge in [-0.15, -0.1) is 0 Å². The largest absolute Gasteiger partial charge is 0.465 e. The Morgan fingerprint density at radius 2 is 2.04 bits per heavy atom. The van der Waals surface area contributed by atoms with Gasteiger partial charge in [0.15, 0.2) is 10.9 Å². The molecule has 2 aromatic rings. The zero-order chi connectivity index (χ0) is 19.1. The molecule has 144 valence electrons. The van der Waals surface area contributed by atoms with Gasteiger partial charge in [-0.2, -0.15) is 0 Å². The number of benzene rings is 1. The van der Waals surface area contributed by atoms with E-state index in [4.69, 9.17) is 5.11 Å². The van der Waals surface area contributed by atoms with Crippen molar-refractivity contribution in [1.82, 2.24) is 14.8 Å². The monoisotopic (exact) mass is 396 g/mol. The molecule has 1 atom stereocenters. The molecule has 2 aliphatic rings. The lowest BCUT2D eigenvalue weighted by Gasteiger charge is -2.48. The third kappa shape index (κ3) is 3.46. The number of carboxylic acid groups (broad SMARTS) is 1. The van der Waals surface area contributed by atoms with Crippen LogP contribution in [-0.2, 0) is 4.79 Å². The topological polar surface area (TPSA) is 85.8 Å². The van der Waals surface area contributed by atoms with Crippen LogP contribution in [0.25, 0.3) is 10.2 Å². The van der Waals surface area contributed by atoms with Gasteiger partial charge in [0.05, 0.1) is 10.7 Å². The summed E-state index contributed by atoms with van der Waals surface area (Å²) in [5, 5.41) is 11.9. The summed E-state index contributed by atoms with van der Waals surface area (Å²) in [6, 6.07) is 1.60. The number of piperidine rings is 1. The predicted molar refractivity (Wildman–Crippen MR) is 95.9 cm³/mol. The van der Waals surface area contributed by atoms with Crippen LogP contribution in [0.5, 0.6) is 0 Å². The lowest BCUT2D eigenvalue weighted by Crippen LogP contribution is -2.65. The molecule has 0 radical (unpaired) electrons. The number of hydrogen-bond acceptors (Lipinski definition) is 5. The number of nitrogens with zero attached hydrogens (tertiary/aromatic N) is 3. The summed E-state index contributed by atoms with van der Waals surface area (Å²) < 4.78 is 27.5. The summed E-state index contributed by atoms with van der Waals surface area (Å²) >= 11 is 1.02. The smallest absolute Gasteiger partial charge is 0.407 e. The lowest BCUT2D eigenvalue weighted by atomic mass is 9.96. The van der Waals surface area contributed by atoms with E-state index in [2.05, 4.69) is 10.3 Å². The average Bonchev–Trinajstić information content (AvgIpc) is 2.96. The van der Waals surface area contributed by atoms with Gasteiger partial charge in [0.1, 0.15) is 11.3 Å². The first-order valence-corrected chi connectivity index (χ1v) is 9.54. The molecule has 0 bridgehead atoms. The van der Waals surface area contributed by atoms with E-state index in [1.165, 1.54) is 11.0 Å². The second-order valence-corrected chi connectivity index (χ2v) is 7.86. The zero-order valence-corrected chi connectivity index (χ0v) is 15.1. The van der Waals surface area contributed by atoms with E-state index in [-0.39, 0.29) is 28.6 Å². The quantitative estimate of drug-likeness (QED) is 0.833. The number of anilines is 1. The van der Waals surface area contributed by atoms with E-state index in [1.807, 2.05) is 4.90 Å². The molecule has 2 N–H and O–H groups in total. The number of fused-ring (bicyclic) bond motifs is 1. The molecule has 1 aromatic carbocycles. The SMILES string of the molecule is O=C(Nc1nc2c(F)cc(F)cc2s1)C1CCCCN1C1CN(C(=O)O)C1. The summed E-state index contributed by atoms with van der Waals surface area (Å²) in [4.78, 5) is 31.2. The molecule has 0 aliphatic carbocycles. The number of halogens is 2. The van der Waals surface area contributed by atoms with Gasteiger partial charge < -0.3 is 15.3 Å². The van der Waals surface area contributed by atoms with Gasteiger partial charge in [-0.05, 0) is 25.5 Å². The van der Waals surface area contributed by atoms with Gasteiger partial charge in [0.25, 0.3) is 0 Å². The number of aromatic nitrogens is 1. The molecule has 7 nitrogen and oxygen atoms in total. The van der Waals surface area contributed by atoms with Crippen LogP contribution in [-0.4, -0.2) is 63.6 Å². The number of nitrogens with one attached hydrogen (secondary N) is 1. The van der Waals surface area contributed by atoms with E-state index in [0.29, 0.717) is 24.2 Å². The number of likely N-dealkylation sites (tertiary alicyclic amines) is 2. The average molecular weight is 396 g/mol. The Hall–Kier alpha value is -2.33. The van der Waals surface area contributed by atoms with Crippen LogP contribution < -0.4 is 5.32 Å².